The predicted octanol–water partition coefficient (Wildman–Crippen LogP) is 2.81. The summed E-state index contributed by atoms with van der Waals surface area (Å²) in [7, 11) is 1.54. The fourth-order valence-electron chi connectivity index (χ4n) is 1.23. The van der Waals surface area contributed by atoms with Crippen LogP contribution in [0.1, 0.15) is 30.5 Å². The number of aromatic nitrogens is 1. The third-order valence-corrected chi connectivity index (χ3v) is 3.08. The number of guanidine groups is 1. The second-order valence-corrected chi connectivity index (χ2v) is 4.96. The number of halogens is 3. The summed E-state index contributed by atoms with van der Waals surface area (Å²) in [6, 6.07) is 0. The summed E-state index contributed by atoms with van der Waals surface area (Å²) in [6.45, 7) is 4.24. The summed E-state index contributed by atoms with van der Waals surface area (Å²) < 4.78 is 24.1. The van der Waals surface area contributed by atoms with Crippen LogP contribution in [-0.4, -0.2) is 31.0 Å². The third-order valence-electron chi connectivity index (χ3n) is 2.22. The minimum Gasteiger partial charge on any atom is -0.351 e. The molecule has 110 valence electrons. The molecule has 1 rings (SSSR count). The van der Waals surface area contributed by atoms with Crippen molar-refractivity contribution < 1.29 is 8.78 Å². The Morgan fingerprint density at radius 3 is 2.58 bits per heavy atom. The number of nitrogens with zero attached hydrogens (tertiary/aromatic N) is 2. The van der Waals surface area contributed by atoms with Crippen LogP contribution in [-0.2, 0) is 6.54 Å². The summed E-state index contributed by atoms with van der Waals surface area (Å²) in [4.78, 5) is 8.29. The third kappa shape index (κ3) is 7.00. The Kier molecular flexibility index (Phi) is 9.15. The quantitative estimate of drug-likeness (QED) is 0.451. The van der Waals surface area contributed by atoms with E-state index >= 15 is 0 Å². The molecule has 0 aliphatic heterocycles. The number of hydrogen-bond donors (Lipinski definition) is 2. The Balaban J connectivity index is 0.00000324. The van der Waals surface area contributed by atoms with Gasteiger partial charge >= 0.3 is 0 Å². The molecule has 0 bridgehead atoms. The van der Waals surface area contributed by atoms with Gasteiger partial charge in [0.1, 0.15) is 5.01 Å². The molecule has 0 spiro atoms. The van der Waals surface area contributed by atoms with Crippen LogP contribution in [0.2, 0.25) is 0 Å². The van der Waals surface area contributed by atoms with Crippen molar-refractivity contribution in [1.82, 2.24) is 15.6 Å². The first-order valence-electron chi connectivity index (χ1n) is 5.70. The lowest BCUT2D eigenvalue weighted by molar-refractivity contribution is 0.152. The Labute approximate surface area is 133 Å². The minimum atomic E-state index is -2.39. The molecule has 19 heavy (non-hydrogen) atoms. The van der Waals surface area contributed by atoms with Crippen LogP contribution in [0.25, 0.3) is 0 Å². The molecule has 0 fully saturated rings. The van der Waals surface area contributed by atoms with E-state index in [9.17, 15) is 8.78 Å². The van der Waals surface area contributed by atoms with Gasteiger partial charge in [0.25, 0.3) is 6.43 Å². The molecular weight excluding hydrogens is 385 g/mol. The van der Waals surface area contributed by atoms with Gasteiger partial charge in [-0.2, -0.15) is 0 Å². The van der Waals surface area contributed by atoms with Crippen LogP contribution < -0.4 is 10.6 Å². The number of thiazole rings is 1. The van der Waals surface area contributed by atoms with E-state index < -0.39 is 13.0 Å². The molecule has 0 atom stereocenters. The Hall–Kier alpha value is -0.510. The molecule has 1 aromatic heterocycles. The summed E-state index contributed by atoms with van der Waals surface area (Å²) in [5.74, 6) is 0.753. The van der Waals surface area contributed by atoms with Gasteiger partial charge < -0.3 is 10.6 Å². The summed E-state index contributed by atoms with van der Waals surface area (Å²) in [5, 5.41) is 8.41. The van der Waals surface area contributed by atoms with Gasteiger partial charge in [-0.3, -0.25) is 4.99 Å². The summed E-state index contributed by atoms with van der Waals surface area (Å²) in [6.07, 6.45) is -2.39. The highest BCUT2D eigenvalue weighted by Gasteiger charge is 2.07. The highest BCUT2D eigenvalue weighted by molar-refractivity contribution is 14.0. The van der Waals surface area contributed by atoms with Crippen molar-refractivity contribution in [3.63, 3.8) is 0 Å². The Morgan fingerprint density at radius 2 is 2.11 bits per heavy atom. The molecule has 0 saturated heterocycles. The Morgan fingerprint density at radius 1 is 1.42 bits per heavy atom. The van der Waals surface area contributed by atoms with E-state index in [1.807, 2.05) is 5.38 Å². The van der Waals surface area contributed by atoms with Crippen molar-refractivity contribution in [3.8, 4) is 0 Å². The Bertz CT molecular complexity index is 396. The fourth-order valence-corrected chi connectivity index (χ4v) is 2.12. The van der Waals surface area contributed by atoms with Gasteiger partial charge in [0, 0.05) is 12.4 Å². The van der Waals surface area contributed by atoms with E-state index in [4.69, 9.17) is 0 Å². The molecule has 0 unspecified atom stereocenters. The zero-order valence-corrected chi connectivity index (χ0v) is 14.3. The van der Waals surface area contributed by atoms with E-state index in [0.717, 1.165) is 10.7 Å². The van der Waals surface area contributed by atoms with Crippen molar-refractivity contribution >= 4 is 41.3 Å². The lowest BCUT2D eigenvalue weighted by Crippen LogP contribution is -2.39. The average molecular weight is 404 g/mol. The van der Waals surface area contributed by atoms with Crippen LogP contribution in [0, 0.1) is 0 Å². The number of aliphatic imine (C=N–C) groups is 1. The highest BCUT2D eigenvalue weighted by atomic mass is 127. The van der Waals surface area contributed by atoms with Gasteiger partial charge in [0.2, 0.25) is 0 Å². The first-order valence-corrected chi connectivity index (χ1v) is 6.57. The van der Waals surface area contributed by atoms with E-state index in [1.165, 1.54) is 0 Å². The van der Waals surface area contributed by atoms with E-state index in [1.54, 1.807) is 18.4 Å². The van der Waals surface area contributed by atoms with Crippen molar-refractivity contribution in [3.05, 3.63) is 16.1 Å². The summed E-state index contributed by atoms with van der Waals surface area (Å²) in [5.41, 5.74) is 1.05. The van der Waals surface area contributed by atoms with Crippen LogP contribution in [0.5, 0.6) is 0 Å². The zero-order chi connectivity index (χ0) is 13.5. The molecule has 0 aliphatic rings. The molecule has 8 heteroatoms. The van der Waals surface area contributed by atoms with Crippen molar-refractivity contribution in [2.45, 2.75) is 32.7 Å². The normalized spacial score (nSPS) is 11.6. The standard InChI is InChI=1S/C11H18F2N4S.HI/c1-7(2)8-6-18-10(17-8)5-16-11(14-3)15-4-9(12)13;/h6-7,9H,4-5H2,1-3H3,(H2,14,15,16);1H. The van der Waals surface area contributed by atoms with Gasteiger partial charge in [-0.15, -0.1) is 35.3 Å². The molecule has 0 saturated carbocycles. The summed E-state index contributed by atoms with van der Waals surface area (Å²) >= 11 is 1.55. The van der Waals surface area contributed by atoms with E-state index in [-0.39, 0.29) is 24.0 Å². The van der Waals surface area contributed by atoms with Crippen molar-refractivity contribution in [2.75, 3.05) is 13.6 Å². The predicted molar refractivity (Wildman–Crippen MR) is 85.8 cm³/mol. The van der Waals surface area contributed by atoms with Crippen LogP contribution in [0.3, 0.4) is 0 Å². The van der Waals surface area contributed by atoms with Gasteiger partial charge in [0.15, 0.2) is 5.96 Å². The smallest absolute Gasteiger partial charge is 0.255 e. The molecule has 1 heterocycles. The number of alkyl halides is 2. The first kappa shape index (κ1) is 18.5. The molecule has 0 aliphatic carbocycles. The topological polar surface area (TPSA) is 49.3 Å². The molecule has 0 radical (unpaired) electrons. The lowest BCUT2D eigenvalue weighted by Gasteiger charge is -2.10. The van der Waals surface area contributed by atoms with Crippen LogP contribution >= 0.6 is 35.3 Å². The fraction of sp³-hybridized carbons (Fsp3) is 0.636. The van der Waals surface area contributed by atoms with Crippen molar-refractivity contribution in [1.29, 1.82) is 0 Å². The van der Waals surface area contributed by atoms with Crippen molar-refractivity contribution in [2.24, 2.45) is 4.99 Å². The van der Waals surface area contributed by atoms with Crippen LogP contribution in [0.15, 0.2) is 10.4 Å². The molecule has 0 aromatic carbocycles. The second kappa shape index (κ2) is 9.40. The van der Waals surface area contributed by atoms with E-state index in [0.29, 0.717) is 18.4 Å². The SMILES string of the molecule is CN=C(NCc1nc(C(C)C)cs1)NCC(F)F.I. The molecular formula is C11H19F2IN4S. The number of nitrogens with one attached hydrogen (secondary N) is 2. The lowest BCUT2D eigenvalue weighted by atomic mass is 10.2. The van der Waals surface area contributed by atoms with E-state index in [2.05, 4.69) is 34.5 Å². The maximum atomic E-state index is 12.0. The maximum Gasteiger partial charge on any atom is 0.255 e. The highest BCUT2D eigenvalue weighted by Crippen LogP contribution is 2.17. The average Bonchev–Trinajstić information content (AvgIpc) is 2.78. The zero-order valence-electron chi connectivity index (χ0n) is 11.1. The molecule has 2 N–H and O–H groups in total. The van der Waals surface area contributed by atoms with Crippen LogP contribution in [0.4, 0.5) is 8.78 Å². The molecule has 0 amide bonds. The molecule has 4 nitrogen and oxygen atoms in total. The minimum absolute atomic E-state index is 0. The largest absolute Gasteiger partial charge is 0.351 e. The number of rotatable bonds is 5. The maximum absolute atomic E-state index is 12.0. The van der Waals surface area contributed by atoms with Gasteiger partial charge in [-0.05, 0) is 5.92 Å². The van der Waals surface area contributed by atoms with Gasteiger partial charge in [-0.1, -0.05) is 13.8 Å². The number of hydrogen-bond acceptors (Lipinski definition) is 3. The van der Waals surface area contributed by atoms with Gasteiger partial charge in [0.05, 0.1) is 18.8 Å². The monoisotopic (exact) mass is 404 g/mol. The molecule has 1 aromatic rings. The second-order valence-electron chi connectivity index (χ2n) is 4.02. The van der Waals surface area contributed by atoms with Gasteiger partial charge in [-0.25, -0.2) is 13.8 Å². The first-order chi connectivity index (χ1) is 8.52.